The summed E-state index contributed by atoms with van der Waals surface area (Å²) in [5, 5.41) is 12.6. The first-order chi connectivity index (χ1) is 13.0. The van der Waals surface area contributed by atoms with Gasteiger partial charge in [-0.2, -0.15) is 0 Å². The van der Waals surface area contributed by atoms with Crippen molar-refractivity contribution >= 4 is 11.7 Å². The molecule has 5 nitrogen and oxygen atoms in total. The maximum atomic E-state index is 14.2. The van der Waals surface area contributed by atoms with Crippen LogP contribution in [-0.4, -0.2) is 29.5 Å². The number of benzene rings is 2. The first kappa shape index (κ1) is 17.7. The van der Waals surface area contributed by atoms with Gasteiger partial charge in [0.05, 0.1) is 11.6 Å². The van der Waals surface area contributed by atoms with E-state index in [2.05, 4.69) is 5.32 Å². The fourth-order valence-corrected chi connectivity index (χ4v) is 3.96. The van der Waals surface area contributed by atoms with Gasteiger partial charge < -0.3 is 15.2 Å². The molecule has 0 unspecified atom stereocenters. The minimum absolute atomic E-state index is 0.129. The van der Waals surface area contributed by atoms with Crippen molar-refractivity contribution in [3.8, 4) is 5.75 Å². The molecule has 1 fully saturated rings. The Hall–Kier alpha value is -2.73. The topological polar surface area (TPSA) is 75.6 Å². The van der Waals surface area contributed by atoms with Gasteiger partial charge in [0.25, 0.3) is 5.91 Å². The van der Waals surface area contributed by atoms with E-state index in [-0.39, 0.29) is 31.1 Å². The van der Waals surface area contributed by atoms with Gasteiger partial charge in [-0.15, -0.1) is 0 Å². The number of carbonyl (C=O) groups is 2. The maximum Gasteiger partial charge on any atom is 0.258 e. The van der Waals surface area contributed by atoms with E-state index in [9.17, 15) is 19.1 Å². The molecule has 6 heteroatoms. The van der Waals surface area contributed by atoms with Gasteiger partial charge in [0.2, 0.25) is 0 Å². The molecular weight excluding hydrogens is 349 g/mol. The summed E-state index contributed by atoms with van der Waals surface area (Å²) in [6.45, 7) is -0.223. The lowest BCUT2D eigenvalue weighted by Crippen LogP contribution is -2.58. The fraction of sp³-hybridized carbons (Fsp3) is 0.333. The summed E-state index contributed by atoms with van der Waals surface area (Å²) in [7, 11) is 0. The Balaban J connectivity index is 1.43. The van der Waals surface area contributed by atoms with Crippen molar-refractivity contribution in [3.05, 3.63) is 65.0 Å². The summed E-state index contributed by atoms with van der Waals surface area (Å²) in [6, 6.07) is 11.4. The molecule has 0 aliphatic heterocycles. The zero-order valence-electron chi connectivity index (χ0n) is 14.7. The molecule has 2 aromatic carbocycles. The number of nitrogens with one attached hydrogen (secondary N) is 1. The maximum absolute atomic E-state index is 14.2. The third kappa shape index (κ3) is 3.32. The predicted octanol–water partition coefficient (Wildman–Crippen LogP) is 2.50. The number of halogens is 1. The van der Waals surface area contributed by atoms with Crippen molar-refractivity contribution in [1.29, 1.82) is 0 Å². The van der Waals surface area contributed by atoms with E-state index in [0.29, 0.717) is 29.7 Å². The Morgan fingerprint density at radius 1 is 1.22 bits per heavy atom. The van der Waals surface area contributed by atoms with Gasteiger partial charge >= 0.3 is 0 Å². The average molecular weight is 369 g/mol. The monoisotopic (exact) mass is 369 g/mol. The molecule has 0 heterocycles. The highest BCUT2D eigenvalue weighted by Crippen LogP contribution is 2.42. The van der Waals surface area contributed by atoms with Crippen molar-refractivity contribution in [1.82, 2.24) is 5.32 Å². The number of fused-ring (bicyclic) bond motifs is 1. The zero-order chi connectivity index (χ0) is 19.0. The molecule has 0 radical (unpaired) electrons. The highest BCUT2D eigenvalue weighted by atomic mass is 19.1. The van der Waals surface area contributed by atoms with E-state index in [1.165, 1.54) is 6.07 Å². The molecule has 2 aliphatic rings. The number of hydrogen-bond acceptors (Lipinski definition) is 4. The van der Waals surface area contributed by atoms with Gasteiger partial charge in [-0.25, -0.2) is 4.39 Å². The van der Waals surface area contributed by atoms with Crippen LogP contribution in [0.3, 0.4) is 0 Å². The first-order valence-corrected chi connectivity index (χ1v) is 9.00. The lowest BCUT2D eigenvalue weighted by molar-refractivity contribution is -0.128. The van der Waals surface area contributed by atoms with Gasteiger partial charge in [-0.1, -0.05) is 18.2 Å². The van der Waals surface area contributed by atoms with Gasteiger partial charge in [-0.05, 0) is 36.2 Å². The molecular formula is C21H20FNO4. The number of hydrogen-bond donors (Lipinski definition) is 2. The Morgan fingerprint density at radius 3 is 2.74 bits per heavy atom. The summed E-state index contributed by atoms with van der Waals surface area (Å²) in [4.78, 5) is 24.1. The molecule has 0 bridgehead atoms. The second-order valence-electron chi connectivity index (χ2n) is 7.20. The SMILES string of the molecule is O=C(COc1ccc2c(c1)CCC2=O)NC1(c2ccccc2F)CC(O)C1. The van der Waals surface area contributed by atoms with E-state index >= 15 is 0 Å². The molecule has 4 rings (SSSR count). The molecule has 0 atom stereocenters. The minimum atomic E-state index is -0.907. The summed E-state index contributed by atoms with van der Waals surface area (Å²) in [5.41, 5.74) is 1.12. The molecule has 0 spiro atoms. The Morgan fingerprint density at radius 2 is 2.00 bits per heavy atom. The molecule has 140 valence electrons. The average Bonchev–Trinajstić information content (AvgIpc) is 2.99. The molecule has 2 aliphatic carbocycles. The van der Waals surface area contributed by atoms with Crippen LogP contribution >= 0.6 is 0 Å². The van der Waals surface area contributed by atoms with Gasteiger partial charge in [0.15, 0.2) is 12.4 Å². The van der Waals surface area contributed by atoms with Crippen LogP contribution in [0.25, 0.3) is 0 Å². The van der Waals surface area contributed by atoms with E-state index < -0.39 is 17.5 Å². The summed E-state index contributed by atoms with van der Waals surface area (Å²) >= 11 is 0. The second kappa shape index (κ2) is 6.78. The van der Waals surface area contributed by atoms with Crippen molar-refractivity contribution < 1.29 is 23.8 Å². The third-order valence-electron chi connectivity index (χ3n) is 5.30. The third-order valence-corrected chi connectivity index (χ3v) is 5.30. The fourth-order valence-electron chi connectivity index (χ4n) is 3.96. The van der Waals surface area contributed by atoms with E-state index in [0.717, 1.165) is 5.56 Å². The van der Waals surface area contributed by atoms with Crippen LogP contribution in [0.2, 0.25) is 0 Å². The number of rotatable bonds is 5. The van der Waals surface area contributed by atoms with Crippen molar-refractivity contribution in [3.63, 3.8) is 0 Å². The number of amides is 1. The number of ether oxygens (including phenoxy) is 1. The lowest BCUT2D eigenvalue weighted by Gasteiger charge is -2.46. The van der Waals surface area contributed by atoms with E-state index in [1.54, 1.807) is 36.4 Å². The standard InChI is InChI=1S/C21H20FNO4/c22-18-4-2-1-3-17(18)21(10-14(24)11-21)23-20(26)12-27-15-6-7-16-13(9-15)5-8-19(16)25/h1-4,6-7,9,14,24H,5,8,10-12H2,(H,23,26). The Kier molecular flexibility index (Phi) is 4.44. The first-order valence-electron chi connectivity index (χ1n) is 9.00. The lowest BCUT2D eigenvalue weighted by atomic mass is 9.69. The highest BCUT2D eigenvalue weighted by Gasteiger charge is 2.47. The molecule has 1 amide bonds. The molecule has 0 aromatic heterocycles. The number of Topliss-reactive ketones (excluding diaryl/α,β-unsaturated/α-hetero) is 1. The largest absolute Gasteiger partial charge is 0.484 e. The number of aliphatic hydroxyl groups is 1. The van der Waals surface area contributed by atoms with Crippen LogP contribution in [-0.2, 0) is 16.8 Å². The van der Waals surface area contributed by atoms with Crippen molar-refractivity contribution in [2.75, 3.05) is 6.61 Å². The molecule has 2 aromatic rings. The van der Waals surface area contributed by atoms with Gasteiger partial charge in [0, 0.05) is 30.4 Å². The normalized spacial score (nSPS) is 23.5. The van der Waals surface area contributed by atoms with E-state index in [1.807, 2.05) is 0 Å². The Bertz CT molecular complexity index is 905. The highest BCUT2D eigenvalue weighted by molar-refractivity contribution is 6.00. The minimum Gasteiger partial charge on any atom is -0.484 e. The number of carbonyl (C=O) groups excluding carboxylic acids is 2. The Labute approximate surface area is 156 Å². The smallest absolute Gasteiger partial charge is 0.258 e. The van der Waals surface area contributed by atoms with Crippen LogP contribution in [0.15, 0.2) is 42.5 Å². The van der Waals surface area contributed by atoms with Crippen LogP contribution in [0.1, 0.15) is 40.7 Å². The molecule has 1 saturated carbocycles. The number of aliphatic hydroxyl groups excluding tert-OH is 1. The van der Waals surface area contributed by atoms with Crippen LogP contribution < -0.4 is 10.1 Å². The molecule has 27 heavy (non-hydrogen) atoms. The summed E-state index contributed by atoms with van der Waals surface area (Å²) in [6.07, 6.45) is 1.15. The van der Waals surface area contributed by atoms with Gasteiger partial charge in [-0.3, -0.25) is 9.59 Å². The molecule has 0 saturated heterocycles. The quantitative estimate of drug-likeness (QED) is 0.849. The number of aryl methyl sites for hydroxylation is 1. The zero-order valence-corrected chi connectivity index (χ0v) is 14.7. The summed E-state index contributed by atoms with van der Waals surface area (Å²) < 4.78 is 19.8. The van der Waals surface area contributed by atoms with Gasteiger partial charge in [0.1, 0.15) is 11.6 Å². The van der Waals surface area contributed by atoms with Crippen LogP contribution in [0, 0.1) is 5.82 Å². The molecule has 2 N–H and O–H groups in total. The van der Waals surface area contributed by atoms with E-state index in [4.69, 9.17) is 4.74 Å². The summed E-state index contributed by atoms with van der Waals surface area (Å²) in [5.74, 6) is -0.146. The second-order valence-corrected chi connectivity index (χ2v) is 7.20. The van der Waals surface area contributed by atoms with Crippen LogP contribution in [0.4, 0.5) is 4.39 Å². The number of ketones is 1. The van der Waals surface area contributed by atoms with Crippen LogP contribution in [0.5, 0.6) is 5.75 Å². The van der Waals surface area contributed by atoms with Crippen molar-refractivity contribution in [2.45, 2.75) is 37.3 Å². The predicted molar refractivity (Wildman–Crippen MR) is 96.1 cm³/mol. The van der Waals surface area contributed by atoms with Crippen molar-refractivity contribution in [2.24, 2.45) is 0 Å².